The van der Waals surface area contributed by atoms with Crippen LogP contribution < -0.4 is 10.1 Å². The molecule has 0 saturated heterocycles. The van der Waals surface area contributed by atoms with Crippen molar-refractivity contribution in [3.63, 3.8) is 0 Å². The highest BCUT2D eigenvalue weighted by atomic mass is 32.1. The molecule has 0 bridgehead atoms. The fraction of sp³-hybridized carbons (Fsp3) is 0.278. The lowest BCUT2D eigenvalue weighted by molar-refractivity contribution is 0.0947. The van der Waals surface area contributed by atoms with Gasteiger partial charge in [-0.05, 0) is 94.5 Å². The average molecular weight is 577 g/mol. The monoisotopic (exact) mass is 576 g/mol. The van der Waals surface area contributed by atoms with Gasteiger partial charge in [0, 0.05) is 11.1 Å². The van der Waals surface area contributed by atoms with Crippen LogP contribution in [0.2, 0.25) is 0 Å². The number of hydrogen-bond acceptors (Lipinski definition) is 5. The third-order valence-corrected chi connectivity index (χ3v) is 9.35. The molecule has 0 spiro atoms. The van der Waals surface area contributed by atoms with Gasteiger partial charge in [-0.1, -0.05) is 63.2 Å². The van der Waals surface area contributed by atoms with Crippen LogP contribution in [0, 0.1) is 11.3 Å². The summed E-state index contributed by atoms with van der Waals surface area (Å²) in [7, 11) is 0. The number of carbonyl (C=O) groups excluding carboxylic acids is 1. The molecular weight excluding hydrogens is 540 g/mol. The Balaban J connectivity index is 1.19. The van der Waals surface area contributed by atoms with Gasteiger partial charge in [-0.25, -0.2) is 4.99 Å². The topological polar surface area (TPSA) is 63.8 Å². The Morgan fingerprint density at radius 3 is 2.64 bits per heavy atom. The number of furan rings is 1. The van der Waals surface area contributed by atoms with E-state index in [0.717, 1.165) is 52.5 Å². The molecule has 5 aromatic rings. The van der Waals surface area contributed by atoms with Crippen LogP contribution in [-0.4, -0.2) is 12.1 Å². The Hall–Kier alpha value is -4.16. The summed E-state index contributed by atoms with van der Waals surface area (Å²) in [5.74, 6) is 2.02. The van der Waals surface area contributed by atoms with Gasteiger partial charge in [-0.15, -0.1) is 11.3 Å². The third kappa shape index (κ3) is 6.19. The van der Waals surface area contributed by atoms with Crippen molar-refractivity contribution in [2.45, 2.75) is 53.2 Å². The summed E-state index contributed by atoms with van der Waals surface area (Å²) in [4.78, 5) is 19.6. The molecule has 1 amide bonds. The van der Waals surface area contributed by atoms with E-state index in [4.69, 9.17) is 14.1 Å². The van der Waals surface area contributed by atoms with Crippen LogP contribution in [0.15, 0.2) is 94.5 Å². The van der Waals surface area contributed by atoms with Crippen molar-refractivity contribution in [3.8, 4) is 5.75 Å². The highest BCUT2D eigenvalue weighted by molar-refractivity contribution is 7.16. The third-order valence-electron chi connectivity index (χ3n) is 8.19. The largest absolute Gasteiger partial charge is 0.489 e. The fourth-order valence-electron chi connectivity index (χ4n) is 5.67. The first-order valence-corrected chi connectivity index (χ1v) is 15.4. The average Bonchev–Trinajstić information content (AvgIpc) is 3.65. The normalized spacial score (nSPS) is 15.2. The first-order chi connectivity index (χ1) is 20.3. The number of nitrogens with zero attached hydrogens (tertiary/aromatic N) is 1. The minimum atomic E-state index is -0.0950. The molecule has 0 aliphatic heterocycles. The molecular formula is C36H36N2O3S. The van der Waals surface area contributed by atoms with Crippen LogP contribution in [-0.2, 0) is 26.0 Å². The molecule has 1 aliphatic rings. The first-order valence-electron chi connectivity index (χ1n) is 14.5. The molecule has 0 radical (unpaired) electrons. The van der Waals surface area contributed by atoms with Crippen molar-refractivity contribution >= 4 is 39.2 Å². The van der Waals surface area contributed by atoms with Crippen molar-refractivity contribution in [3.05, 3.63) is 118 Å². The Kier molecular flexibility index (Phi) is 7.98. The van der Waals surface area contributed by atoms with Gasteiger partial charge in [-0.3, -0.25) is 4.79 Å². The summed E-state index contributed by atoms with van der Waals surface area (Å²) >= 11 is 1.66. The number of fused-ring (bicyclic) bond motifs is 2. The van der Waals surface area contributed by atoms with Gasteiger partial charge in [0.25, 0.3) is 5.91 Å². The first kappa shape index (κ1) is 28.0. The molecule has 3 aromatic carbocycles. The summed E-state index contributed by atoms with van der Waals surface area (Å²) in [6.45, 7) is 7.78. The molecule has 0 saturated carbocycles. The predicted molar refractivity (Wildman–Crippen MR) is 171 cm³/mol. The van der Waals surface area contributed by atoms with Gasteiger partial charge >= 0.3 is 0 Å². The number of benzene rings is 3. The zero-order valence-corrected chi connectivity index (χ0v) is 25.2. The number of aliphatic imine (C=N–C) groups is 1. The van der Waals surface area contributed by atoms with Gasteiger partial charge in [0.05, 0.1) is 18.4 Å². The van der Waals surface area contributed by atoms with Crippen molar-refractivity contribution in [1.29, 1.82) is 0 Å². The van der Waals surface area contributed by atoms with Crippen LogP contribution in [0.5, 0.6) is 5.75 Å². The summed E-state index contributed by atoms with van der Waals surface area (Å²) in [5, 5.41) is 6.23. The van der Waals surface area contributed by atoms with E-state index in [0.29, 0.717) is 24.6 Å². The quantitative estimate of drug-likeness (QED) is 0.188. The van der Waals surface area contributed by atoms with E-state index >= 15 is 0 Å². The molecule has 214 valence electrons. The maximum Gasteiger partial charge on any atom is 0.255 e. The van der Waals surface area contributed by atoms with E-state index < -0.39 is 0 Å². The highest BCUT2D eigenvalue weighted by Gasteiger charge is 2.33. The summed E-state index contributed by atoms with van der Waals surface area (Å²) in [6.07, 6.45) is 6.43. The number of rotatable bonds is 8. The maximum atomic E-state index is 13.5. The van der Waals surface area contributed by atoms with E-state index in [1.807, 2.05) is 42.6 Å². The Labute approximate surface area is 251 Å². The summed E-state index contributed by atoms with van der Waals surface area (Å²) in [5.41, 5.74) is 4.20. The zero-order valence-electron chi connectivity index (χ0n) is 24.4. The van der Waals surface area contributed by atoms with Crippen LogP contribution in [0.3, 0.4) is 0 Å². The molecule has 42 heavy (non-hydrogen) atoms. The van der Waals surface area contributed by atoms with Crippen molar-refractivity contribution in [2.24, 2.45) is 16.3 Å². The number of thiophene rings is 1. The van der Waals surface area contributed by atoms with E-state index in [-0.39, 0.29) is 11.3 Å². The molecule has 2 heterocycles. The van der Waals surface area contributed by atoms with Crippen molar-refractivity contribution in [2.75, 3.05) is 0 Å². The maximum absolute atomic E-state index is 13.5. The van der Waals surface area contributed by atoms with E-state index in [2.05, 4.69) is 68.6 Å². The lowest BCUT2D eigenvalue weighted by atomic mass is 9.72. The van der Waals surface area contributed by atoms with Crippen molar-refractivity contribution < 1.29 is 13.9 Å². The standard InChI is InChI=1S/C36H36N2O3S/c1-36(2,3)27-15-18-31-32(20-27)42-35(33(31)34(39)37-22-29-11-7-19-40-29)38-21-24-13-16-28(17-14-24)41-23-26-10-6-9-25-8-4-5-12-30(25)26/h4-14,16-17,19,21,27H,15,18,20,22-23H2,1-3H3,(H,37,39)/t27-/m0/s1. The van der Waals surface area contributed by atoms with Gasteiger partial charge < -0.3 is 14.5 Å². The Morgan fingerprint density at radius 1 is 1.05 bits per heavy atom. The van der Waals surface area contributed by atoms with Gasteiger partial charge in [0.1, 0.15) is 23.1 Å². The number of carbonyl (C=O) groups is 1. The number of ether oxygens (including phenoxy) is 1. The van der Waals surface area contributed by atoms with Crippen LogP contribution >= 0.6 is 11.3 Å². The van der Waals surface area contributed by atoms with Gasteiger partial charge in [0.15, 0.2) is 0 Å². The van der Waals surface area contributed by atoms with E-state index in [9.17, 15) is 4.79 Å². The fourth-order valence-corrected chi connectivity index (χ4v) is 6.94. The van der Waals surface area contributed by atoms with Gasteiger partial charge in [-0.2, -0.15) is 0 Å². The summed E-state index contributed by atoms with van der Waals surface area (Å²) in [6, 6.07) is 26.3. The SMILES string of the molecule is CC(C)(C)[C@H]1CCc2c(sc(N=Cc3ccc(OCc4cccc5ccccc45)cc3)c2C(=O)NCc2ccco2)C1. The molecule has 1 N–H and O–H groups in total. The van der Waals surface area contributed by atoms with Crippen molar-refractivity contribution in [1.82, 2.24) is 5.32 Å². The van der Waals surface area contributed by atoms with E-state index in [1.165, 1.54) is 15.6 Å². The second-order valence-corrected chi connectivity index (χ2v) is 13.1. The molecule has 0 unspecified atom stereocenters. The molecule has 1 aliphatic carbocycles. The molecule has 0 fully saturated rings. The highest BCUT2D eigenvalue weighted by Crippen LogP contribution is 2.45. The lowest BCUT2D eigenvalue weighted by Crippen LogP contribution is -2.28. The second-order valence-electron chi connectivity index (χ2n) is 12.0. The molecule has 1 atom stereocenters. The predicted octanol–water partition coefficient (Wildman–Crippen LogP) is 8.90. The number of nitrogens with one attached hydrogen (secondary N) is 1. The second kappa shape index (κ2) is 12.0. The Bertz CT molecular complexity index is 1700. The van der Waals surface area contributed by atoms with E-state index in [1.54, 1.807) is 17.6 Å². The number of hydrogen-bond donors (Lipinski definition) is 1. The minimum absolute atomic E-state index is 0.0950. The molecule has 6 rings (SSSR count). The minimum Gasteiger partial charge on any atom is -0.489 e. The van der Waals surface area contributed by atoms with Crippen LogP contribution in [0.25, 0.3) is 10.8 Å². The zero-order chi connectivity index (χ0) is 29.1. The number of amides is 1. The van der Waals surface area contributed by atoms with Gasteiger partial charge in [0.2, 0.25) is 0 Å². The lowest BCUT2D eigenvalue weighted by Gasteiger charge is -2.33. The summed E-state index contributed by atoms with van der Waals surface area (Å²) < 4.78 is 11.5. The van der Waals surface area contributed by atoms with Crippen LogP contribution in [0.1, 0.15) is 64.9 Å². The molecule has 2 aromatic heterocycles. The smallest absolute Gasteiger partial charge is 0.255 e. The molecule has 5 nitrogen and oxygen atoms in total. The Morgan fingerprint density at radius 2 is 1.86 bits per heavy atom. The van der Waals surface area contributed by atoms with Crippen LogP contribution in [0.4, 0.5) is 5.00 Å². The molecule has 6 heteroatoms.